The van der Waals surface area contributed by atoms with Gasteiger partial charge >= 0.3 is 5.97 Å². The van der Waals surface area contributed by atoms with Gasteiger partial charge in [-0.1, -0.05) is 35.9 Å². The third-order valence-electron chi connectivity index (χ3n) is 2.40. The molecule has 0 aliphatic rings. The quantitative estimate of drug-likeness (QED) is 0.591. The Morgan fingerprint density at radius 2 is 1.89 bits per heavy atom. The third kappa shape index (κ3) is 4.87. The highest BCUT2D eigenvalue weighted by atomic mass is 16.5. The van der Waals surface area contributed by atoms with E-state index >= 15 is 0 Å². The van der Waals surface area contributed by atoms with Crippen LogP contribution in [-0.4, -0.2) is 20.2 Å². The largest absolute Gasteiger partial charge is 0.497 e. The first kappa shape index (κ1) is 14.0. The number of hydrogen-bond donors (Lipinski definition) is 0. The van der Waals surface area contributed by atoms with Gasteiger partial charge in [0.05, 0.1) is 20.6 Å². The van der Waals surface area contributed by atoms with Gasteiger partial charge in [-0.15, -0.1) is 0 Å². The van der Waals surface area contributed by atoms with Gasteiger partial charge in [0.2, 0.25) is 0 Å². The molecule has 0 radical (unpaired) electrons. The lowest BCUT2D eigenvalue weighted by Gasteiger charge is -2.00. The summed E-state index contributed by atoms with van der Waals surface area (Å²) >= 11 is 0. The predicted molar refractivity (Wildman–Crippen MR) is 72.4 cm³/mol. The highest BCUT2D eigenvalue weighted by Gasteiger charge is 1.94. The summed E-state index contributed by atoms with van der Waals surface area (Å²) in [6.07, 6.45) is 6.03. The highest BCUT2D eigenvalue weighted by Crippen LogP contribution is 2.14. The van der Waals surface area contributed by atoms with Gasteiger partial charge in [0, 0.05) is 0 Å². The molecule has 1 aromatic carbocycles. The van der Waals surface area contributed by atoms with Crippen LogP contribution < -0.4 is 4.74 Å². The van der Waals surface area contributed by atoms with Crippen LogP contribution in [-0.2, 0) is 9.53 Å². The summed E-state index contributed by atoms with van der Waals surface area (Å²) in [6.45, 7) is 1.98. The number of rotatable bonds is 5. The maximum absolute atomic E-state index is 10.9. The van der Waals surface area contributed by atoms with Crippen molar-refractivity contribution in [3.63, 3.8) is 0 Å². The standard InChI is InChI=1S/C15H18O3/c1-12(5-4-6-15(16)18-3)11-13-7-9-14(17-2)10-8-13/h4-5,7-11H,6H2,1-3H3/b5-4+,12-11+. The first-order chi connectivity index (χ1) is 8.65. The Morgan fingerprint density at radius 3 is 2.44 bits per heavy atom. The third-order valence-corrected chi connectivity index (χ3v) is 2.40. The number of allylic oxidation sites excluding steroid dienone is 2. The van der Waals surface area contributed by atoms with Crippen molar-refractivity contribution in [2.45, 2.75) is 13.3 Å². The van der Waals surface area contributed by atoms with Crippen molar-refractivity contribution >= 4 is 12.0 Å². The molecular formula is C15H18O3. The van der Waals surface area contributed by atoms with E-state index in [1.54, 1.807) is 13.2 Å². The first-order valence-corrected chi connectivity index (χ1v) is 5.71. The molecule has 18 heavy (non-hydrogen) atoms. The van der Waals surface area contributed by atoms with Gasteiger partial charge in [-0.25, -0.2) is 0 Å². The number of hydrogen-bond acceptors (Lipinski definition) is 3. The molecule has 0 aliphatic carbocycles. The number of esters is 1. The lowest BCUT2D eigenvalue weighted by molar-refractivity contribution is -0.139. The molecule has 1 aromatic rings. The molecule has 3 nitrogen and oxygen atoms in total. The molecule has 0 bridgehead atoms. The number of carbonyl (C=O) groups is 1. The van der Waals surface area contributed by atoms with Crippen molar-refractivity contribution in [2.24, 2.45) is 0 Å². The Morgan fingerprint density at radius 1 is 1.22 bits per heavy atom. The zero-order valence-corrected chi connectivity index (χ0v) is 11.0. The Kier molecular flexibility index (Phi) is 5.71. The Bertz CT molecular complexity index is 441. The summed E-state index contributed by atoms with van der Waals surface area (Å²) in [5.74, 6) is 0.606. The van der Waals surface area contributed by atoms with Crippen LogP contribution in [0.2, 0.25) is 0 Å². The van der Waals surface area contributed by atoms with E-state index in [-0.39, 0.29) is 5.97 Å². The summed E-state index contributed by atoms with van der Waals surface area (Å²) in [7, 11) is 3.03. The molecule has 0 atom stereocenters. The van der Waals surface area contributed by atoms with Gasteiger partial charge in [0.25, 0.3) is 0 Å². The molecule has 0 heterocycles. The van der Waals surface area contributed by atoms with Crippen LogP contribution in [0.3, 0.4) is 0 Å². The van der Waals surface area contributed by atoms with Crippen molar-refractivity contribution in [1.82, 2.24) is 0 Å². The summed E-state index contributed by atoms with van der Waals surface area (Å²) < 4.78 is 9.64. The fourth-order valence-electron chi connectivity index (χ4n) is 1.44. The Hall–Kier alpha value is -2.03. The number of methoxy groups -OCH3 is 2. The van der Waals surface area contributed by atoms with Crippen molar-refractivity contribution in [2.75, 3.05) is 14.2 Å². The van der Waals surface area contributed by atoms with Gasteiger partial charge in [0.15, 0.2) is 0 Å². The SMILES string of the molecule is COC(=O)C/C=C/C(C)=C/c1ccc(OC)cc1. The lowest BCUT2D eigenvalue weighted by Crippen LogP contribution is -1.96. The fraction of sp³-hybridized carbons (Fsp3) is 0.267. The van der Waals surface area contributed by atoms with Gasteiger partial charge in [-0.2, -0.15) is 0 Å². The van der Waals surface area contributed by atoms with E-state index in [4.69, 9.17) is 4.74 Å². The summed E-state index contributed by atoms with van der Waals surface area (Å²) in [6, 6.07) is 7.79. The van der Waals surface area contributed by atoms with Gasteiger partial charge in [-0.05, 0) is 24.6 Å². The monoisotopic (exact) mass is 246 g/mol. The second kappa shape index (κ2) is 7.33. The second-order valence-corrected chi connectivity index (χ2v) is 3.84. The van der Waals surface area contributed by atoms with E-state index < -0.39 is 0 Å². The smallest absolute Gasteiger partial charge is 0.309 e. The van der Waals surface area contributed by atoms with Crippen molar-refractivity contribution < 1.29 is 14.3 Å². The van der Waals surface area contributed by atoms with E-state index in [1.165, 1.54) is 7.11 Å². The fourth-order valence-corrected chi connectivity index (χ4v) is 1.44. The van der Waals surface area contributed by atoms with E-state index in [0.717, 1.165) is 16.9 Å². The van der Waals surface area contributed by atoms with Crippen molar-refractivity contribution in [3.8, 4) is 5.75 Å². The van der Waals surface area contributed by atoms with Crippen LogP contribution in [0, 0.1) is 0 Å². The Balaban J connectivity index is 2.61. The van der Waals surface area contributed by atoms with E-state index in [0.29, 0.717) is 6.42 Å². The van der Waals surface area contributed by atoms with Crippen molar-refractivity contribution in [1.29, 1.82) is 0 Å². The number of carbonyl (C=O) groups excluding carboxylic acids is 1. The maximum atomic E-state index is 10.9. The summed E-state index contributed by atoms with van der Waals surface area (Å²) in [5.41, 5.74) is 2.17. The Labute approximate surface area is 108 Å². The zero-order valence-electron chi connectivity index (χ0n) is 11.0. The molecule has 96 valence electrons. The van der Waals surface area contributed by atoms with Gasteiger partial charge in [0.1, 0.15) is 5.75 Å². The van der Waals surface area contributed by atoms with Crippen LogP contribution in [0.25, 0.3) is 6.08 Å². The van der Waals surface area contributed by atoms with Crippen LogP contribution in [0.1, 0.15) is 18.9 Å². The van der Waals surface area contributed by atoms with E-state index in [9.17, 15) is 4.79 Å². The molecular weight excluding hydrogens is 228 g/mol. The minimum atomic E-state index is -0.233. The average molecular weight is 246 g/mol. The van der Waals surface area contributed by atoms with E-state index in [1.807, 2.05) is 43.3 Å². The maximum Gasteiger partial charge on any atom is 0.309 e. The lowest BCUT2D eigenvalue weighted by atomic mass is 10.1. The second-order valence-electron chi connectivity index (χ2n) is 3.84. The number of ether oxygens (including phenoxy) is 2. The minimum Gasteiger partial charge on any atom is -0.497 e. The normalized spacial score (nSPS) is 11.6. The topological polar surface area (TPSA) is 35.5 Å². The van der Waals surface area contributed by atoms with Crippen molar-refractivity contribution in [3.05, 3.63) is 47.6 Å². The molecule has 0 saturated carbocycles. The van der Waals surface area contributed by atoms with Crippen LogP contribution in [0.5, 0.6) is 5.75 Å². The average Bonchev–Trinajstić information content (AvgIpc) is 2.39. The van der Waals surface area contributed by atoms with Gasteiger partial charge in [-0.3, -0.25) is 4.79 Å². The first-order valence-electron chi connectivity index (χ1n) is 5.71. The number of benzene rings is 1. The minimum absolute atomic E-state index is 0.233. The molecule has 0 saturated heterocycles. The highest BCUT2D eigenvalue weighted by molar-refractivity contribution is 5.71. The van der Waals surface area contributed by atoms with Crippen LogP contribution in [0.4, 0.5) is 0 Å². The molecule has 1 rings (SSSR count). The molecule has 0 N–H and O–H groups in total. The van der Waals surface area contributed by atoms with E-state index in [2.05, 4.69) is 4.74 Å². The predicted octanol–water partition coefficient (Wildman–Crippen LogP) is 3.22. The van der Waals surface area contributed by atoms with Crippen LogP contribution >= 0.6 is 0 Å². The van der Waals surface area contributed by atoms with Gasteiger partial charge < -0.3 is 9.47 Å². The molecule has 0 unspecified atom stereocenters. The zero-order chi connectivity index (χ0) is 13.4. The molecule has 0 aliphatic heterocycles. The summed E-state index contributed by atoms with van der Waals surface area (Å²) in [5, 5.41) is 0. The van der Waals surface area contributed by atoms with Crippen LogP contribution in [0.15, 0.2) is 42.0 Å². The molecule has 0 amide bonds. The molecule has 0 fully saturated rings. The molecule has 3 heteroatoms. The molecule has 0 spiro atoms. The molecule has 0 aromatic heterocycles. The summed E-state index contributed by atoms with van der Waals surface area (Å²) in [4.78, 5) is 10.9.